The van der Waals surface area contributed by atoms with Crippen molar-refractivity contribution < 1.29 is 9.84 Å². The predicted molar refractivity (Wildman–Crippen MR) is 90.2 cm³/mol. The number of benzene rings is 1. The highest BCUT2D eigenvalue weighted by Crippen LogP contribution is 2.21. The Morgan fingerprint density at radius 2 is 2.00 bits per heavy atom. The summed E-state index contributed by atoms with van der Waals surface area (Å²) in [5, 5.41) is 13.3. The van der Waals surface area contributed by atoms with Crippen LogP contribution in [0.1, 0.15) is 25.3 Å². The average molecular weight is 309 g/mol. The molecule has 0 radical (unpaired) electrons. The lowest BCUT2D eigenvalue weighted by atomic mass is 10.0. The highest BCUT2D eigenvalue weighted by atomic mass is 32.2. The summed E-state index contributed by atoms with van der Waals surface area (Å²) in [5.41, 5.74) is 1.30. The molecule has 0 aliphatic carbocycles. The molecule has 1 saturated heterocycles. The van der Waals surface area contributed by atoms with Crippen molar-refractivity contribution in [1.82, 2.24) is 5.32 Å². The highest BCUT2D eigenvalue weighted by molar-refractivity contribution is 7.99. The Balaban J connectivity index is 1.59. The molecule has 118 valence electrons. The van der Waals surface area contributed by atoms with Crippen molar-refractivity contribution in [1.29, 1.82) is 0 Å². The van der Waals surface area contributed by atoms with E-state index in [4.69, 9.17) is 4.74 Å². The van der Waals surface area contributed by atoms with E-state index in [1.807, 2.05) is 23.9 Å². The zero-order valence-corrected chi connectivity index (χ0v) is 13.7. The fourth-order valence-electron chi connectivity index (χ4n) is 2.48. The molecule has 0 bridgehead atoms. The van der Waals surface area contributed by atoms with E-state index in [2.05, 4.69) is 24.4 Å². The Bertz CT molecular complexity index is 390. The van der Waals surface area contributed by atoms with E-state index in [0.717, 1.165) is 24.6 Å². The second kappa shape index (κ2) is 9.34. The summed E-state index contributed by atoms with van der Waals surface area (Å²) in [5.74, 6) is 4.17. The maximum Gasteiger partial charge on any atom is 0.119 e. The van der Waals surface area contributed by atoms with Crippen molar-refractivity contribution in [2.24, 2.45) is 5.92 Å². The van der Waals surface area contributed by atoms with Gasteiger partial charge in [-0.05, 0) is 60.9 Å². The van der Waals surface area contributed by atoms with Gasteiger partial charge in [0.05, 0.1) is 0 Å². The van der Waals surface area contributed by atoms with Gasteiger partial charge < -0.3 is 15.2 Å². The summed E-state index contributed by atoms with van der Waals surface area (Å²) in [6.07, 6.45) is 3.18. The summed E-state index contributed by atoms with van der Waals surface area (Å²) >= 11 is 2.05. The Labute approximate surface area is 132 Å². The van der Waals surface area contributed by atoms with Gasteiger partial charge in [-0.1, -0.05) is 19.1 Å². The molecule has 2 N–H and O–H groups in total. The first-order chi connectivity index (χ1) is 10.3. The van der Waals surface area contributed by atoms with Crippen molar-refractivity contribution in [2.45, 2.75) is 32.3 Å². The standard InChI is InChI=1S/C17H27NO2S/c1-2-14-3-5-17(6-4-14)20-13-16(19)12-18-11-15-7-9-21-10-8-15/h3-6,15-16,18-19H,2,7-13H2,1H3. The number of nitrogens with one attached hydrogen (secondary N) is 1. The van der Waals surface area contributed by atoms with Crippen LogP contribution in [0, 0.1) is 5.92 Å². The molecule has 1 aliphatic heterocycles. The molecular formula is C17H27NO2S. The van der Waals surface area contributed by atoms with Gasteiger partial charge in [0, 0.05) is 6.54 Å². The van der Waals surface area contributed by atoms with Crippen LogP contribution in [-0.2, 0) is 6.42 Å². The maximum atomic E-state index is 9.95. The predicted octanol–water partition coefficient (Wildman–Crippen LogP) is 2.72. The average Bonchev–Trinajstić information content (AvgIpc) is 2.54. The van der Waals surface area contributed by atoms with Gasteiger partial charge in [0.15, 0.2) is 0 Å². The first-order valence-electron chi connectivity index (χ1n) is 7.96. The first-order valence-corrected chi connectivity index (χ1v) is 9.11. The van der Waals surface area contributed by atoms with Gasteiger partial charge in [-0.3, -0.25) is 0 Å². The molecule has 1 aromatic carbocycles. The third-order valence-corrected chi connectivity index (χ3v) is 4.98. The molecule has 1 unspecified atom stereocenters. The number of rotatable bonds is 8. The van der Waals surface area contributed by atoms with Crippen molar-refractivity contribution in [3.63, 3.8) is 0 Å². The van der Waals surface area contributed by atoms with E-state index in [0.29, 0.717) is 13.2 Å². The SMILES string of the molecule is CCc1ccc(OCC(O)CNCC2CCSCC2)cc1. The summed E-state index contributed by atoms with van der Waals surface area (Å²) in [4.78, 5) is 0. The third-order valence-electron chi connectivity index (χ3n) is 3.93. The molecule has 1 aromatic rings. The Morgan fingerprint density at radius 1 is 1.29 bits per heavy atom. The molecule has 0 aromatic heterocycles. The van der Waals surface area contributed by atoms with E-state index in [9.17, 15) is 5.11 Å². The highest BCUT2D eigenvalue weighted by Gasteiger charge is 2.13. The van der Waals surface area contributed by atoms with Gasteiger partial charge in [0.25, 0.3) is 0 Å². The topological polar surface area (TPSA) is 41.5 Å². The quantitative estimate of drug-likeness (QED) is 0.775. The van der Waals surface area contributed by atoms with Crippen molar-refractivity contribution in [2.75, 3.05) is 31.2 Å². The second-order valence-corrected chi connectivity index (χ2v) is 6.90. The number of aryl methyl sites for hydroxylation is 1. The van der Waals surface area contributed by atoms with E-state index in [-0.39, 0.29) is 0 Å². The summed E-state index contributed by atoms with van der Waals surface area (Å²) in [7, 11) is 0. The number of hydrogen-bond donors (Lipinski definition) is 2. The van der Waals surface area contributed by atoms with Crippen LogP contribution < -0.4 is 10.1 Å². The monoisotopic (exact) mass is 309 g/mol. The lowest BCUT2D eigenvalue weighted by Gasteiger charge is -2.22. The number of ether oxygens (including phenoxy) is 1. The van der Waals surface area contributed by atoms with E-state index in [1.165, 1.54) is 29.9 Å². The van der Waals surface area contributed by atoms with Crippen LogP contribution in [0.15, 0.2) is 24.3 Å². The minimum atomic E-state index is -0.450. The number of aliphatic hydroxyl groups excluding tert-OH is 1. The zero-order valence-electron chi connectivity index (χ0n) is 12.9. The van der Waals surface area contributed by atoms with Crippen molar-refractivity contribution in [3.05, 3.63) is 29.8 Å². The molecule has 0 spiro atoms. The largest absolute Gasteiger partial charge is 0.491 e. The minimum Gasteiger partial charge on any atom is -0.491 e. The van der Waals surface area contributed by atoms with Crippen LogP contribution in [0.5, 0.6) is 5.75 Å². The number of aliphatic hydroxyl groups is 1. The molecule has 1 atom stereocenters. The van der Waals surface area contributed by atoms with Gasteiger partial charge in [0.2, 0.25) is 0 Å². The van der Waals surface area contributed by atoms with Crippen LogP contribution in [0.3, 0.4) is 0 Å². The van der Waals surface area contributed by atoms with Gasteiger partial charge >= 0.3 is 0 Å². The molecule has 0 amide bonds. The van der Waals surface area contributed by atoms with E-state index < -0.39 is 6.10 Å². The van der Waals surface area contributed by atoms with Crippen LogP contribution in [0.25, 0.3) is 0 Å². The third kappa shape index (κ3) is 6.29. The number of hydrogen-bond acceptors (Lipinski definition) is 4. The van der Waals surface area contributed by atoms with E-state index >= 15 is 0 Å². The molecule has 3 nitrogen and oxygen atoms in total. The van der Waals surface area contributed by atoms with Gasteiger partial charge in [0.1, 0.15) is 18.5 Å². The van der Waals surface area contributed by atoms with Crippen LogP contribution in [0.2, 0.25) is 0 Å². The van der Waals surface area contributed by atoms with Gasteiger partial charge in [-0.25, -0.2) is 0 Å². The molecule has 2 rings (SSSR count). The second-order valence-electron chi connectivity index (χ2n) is 5.68. The molecule has 21 heavy (non-hydrogen) atoms. The summed E-state index contributed by atoms with van der Waals surface area (Å²) < 4.78 is 5.62. The Hall–Kier alpha value is -0.710. The van der Waals surface area contributed by atoms with Gasteiger partial charge in [-0.2, -0.15) is 11.8 Å². The lowest BCUT2D eigenvalue weighted by molar-refractivity contribution is 0.105. The maximum absolute atomic E-state index is 9.95. The summed E-state index contributed by atoms with van der Waals surface area (Å²) in [6, 6.07) is 8.08. The number of thioether (sulfide) groups is 1. The Kier molecular flexibility index (Phi) is 7.41. The minimum absolute atomic E-state index is 0.346. The van der Waals surface area contributed by atoms with E-state index in [1.54, 1.807) is 0 Å². The van der Waals surface area contributed by atoms with Gasteiger partial charge in [-0.15, -0.1) is 0 Å². The molecule has 4 heteroatoms. The molecule has 1 heterocycles. The molecular weight excluding hydrogens is 282 g/mol. The lowest BCUT2D eigenvalue weighted by Crippen LogP contribution is -2.35. The smallest absolute Gasteiger partial charge is 0.119 e. The van der Waals surface area contributed by atoms with Crippen LogP contribution in [0.4, 0.5) is 0 Å². The fourth-order valence-corrected chi connectivity index (χ4v) is 3.68. The molecule has 1 fully saturated rings. The molecule has 0 saturated carbocycles. The van der Waals surface area contributed by atoms with Crippen LogP contribution >= 0.6 is 11.8 Å². The van der Waals surface area contributed by atoms with Crippen molar-refractivity contribution in [3.8, 4) is 5.75 Å². The normalized spacial score (nSPS) is 17.6. The first kappa shape index (κ1) is 16.7. The Morgan fingerprint density at radius 3 is 2.67 bits per heavy atom. The fraction of sp³-hybridized carbons (Fsp3) is 0.647. The molecule has 1 aliphatic rings. The van der Waals surface area contributed by atoms with Crippen molar-refractivity contribution >= 4 is 11.8 Å². The zero-order chi connectivity index (χ0) is 14.9. The summed E-state index contributed by atoms with van der Waals surface area (Å²) in [6.45, 7) is 4.11. The van der Waals surface area contributed by atoms with Crippen LogP contribution in [-0.4, -0.2) is 42.4 Å².